The Morgan fingerprint density at radius 1 is 0.913 bits per heavy atom. The van der Waals surface area contributed by atoms with E-state index in [0.717, 1.165) is 55.5 Å². The normalized spacial score (nSPS) is 18.1. The van der Waals surface area contributed by atoms with Gasteiger partial charge in [-0.15, -0.1) is 0 Å². The summed E-state index contributed by atoms with van der Waals surface area (Å²) in [6, 6.07) is 12.8. The number of benzene rings is 2. The second-order valence-corrected chi connectivity index (χ2v) is 13.5. The number of hydrogen-bond donors (Lipinski definition) is 3. The Morgan fingerprint density at radius 3 is 2.24 bits per heavy atom. The van der Waals surface area contributed by atoms with Crippen LogP contribution < -0.4 is 10.6 Å². The van der Waals surface area contributed by atoms with Crippen LogP contribution in [0, 0.1) is 0 Å². The average molecular weight is 625 g/mol. The Kier molecular flexibility index (Phi) is 9.02. The van der Waals surface area contributed by atoms with Gasteiger partial charge in [-0.1, -0.05) is 50.3 Å². The van der Waals surface area contributed by atoms with Gasteiger partial charge in [0.25, 0.3) is 5.91 Å². The molecular formula is C37H44N4O5. The summed E-state index contributed by atoms with van der Waals surface area (Å²) in [6.07, 6.45) is 13.5. The van der Waals surface area contributed by atoms with E-state index < -0.39 is 11.5 Å². The van der Waals surface area contributed by atoms with Gasteiger partial charge in [-0.05, 0) is 91.8 Å². The number of anilines is 1. The third-order valence-corrected chi connectivity index (χ3v) is 10.0. The number of carboxylic acid groups (broad SMARTS) is 1. The molecule has 0 spiro atoms. The van der Waals surface area contributed by atoms with Crippen molar-refractivity contribution in [3.63, 3.8) is 0 Å². The van der Waals surface area contributed by atoms with E-state index in [1.165, 1.54) is 36.6 Å². The van der Waals surface area contributed by atoms with Crippen LogP contribution in [0.1, 0.15) is 110 Å². The minimum Gasteiger partial charge on any atom is -0.478 e. The molecule has 3 N–H and O–H groups in total. The third-order valence-electron chi connectivity index (χ3n) is 10.0. The molecule has 0 bridgehead atoms. The Morgan fingerprint density at radius 2 is 1.61 bits per heavy atom. The largest absolute Gasteiger partial charge is 0.478 e. The van der Waals surface area contributed by atoms with Gasteiger partial charge < -0.3 is 25.2 Å². The fourth-order valence-electron chi connectivity index (χ4n) is 7.37. The number of nitrogens with zero attached hydrogens (tertiary/aromatic N) is 2. The SMILES string of the molecule is CN(C)C(=O)Cn1c(C2CC2)c(C2CCCCC2)c2ccc(C(=O)NC3(C(=O)Nc4ccc(/C=C/C(=O)O)cc4)CCCC3)cc21. The maximum absolute atomic E-state index is 13.9. The van der Waals surface area contributed by atoms with Crippen LogP contribution in [-0.4, -0.2) is 57.9 Å². The molecule has 46 heavy (non-hydrogen) atoms. The van der Waals surface area contributed by atoms with E-state index in [-0.39, 0.29) is 24.3 Å². The Labute approximate surface area is 270 Å². The van der Waals surface area contributed by atoms with Crippen molar-refractivity contribution in [1.29, 1.82) is 0 Å². The lowest BCUT2D eigenvalue weighted by Gasteiger charge is -2.29. The van der Waals surface area contributed by atoms with E-state index in [2.05, 4.69) is 21.3 Å². The van der Waals surface area contributed by atoms with Crippen molar-refractivity contribution in [1.82, 2.24) is 14.8 Å². The van der Waals surface area contributed by atoms with Gasteiger partial charge in [0.15, 0.2) is 0 Å². The fraction of sp³-hybridized carbons (Fsp3) is 0.459. The number of likely N-dealkylation sites (N-methyl/N-ethyl adjacent to an activating group) is 1. The smallest absolute Gasteiger partial charge is 0.328 e. The summed E-state index contributed by atoms with van der Waals surface area (Å²) >= 11 is 0. The molecule has 3 amide bonds. The second-order valence-electron chi connectivity index (χ2n) is 13.5. The zero-order valence-electron chi connectivity index (χ0n) is 26.8. The second kappa shape index (κ2) is 13.1. The number of hydrogen-bond acceptors (Lipinski definition) is 4. The molecule has 3 aliphatic carbocycles. The molecule has 1 aromatic heterocycles. The van der Waals surface area contributed by atoms with Gasteiger partial charge >= 0.3 is 5.97 Å². The molecule has 3 saturated carbocycles. The molecule has 1 heterocycles. The van der Waals surface area contributed by atoms with E-state index in [1.54, 1.807) is 43.3 Å². The van der Waals surface area contributed by atoms with Gasteiger partial charge in [0.05, 0.1) is 0 Å². The number of carbonyl (C=O) groups is 4. The lowest BCUT2D eigenvalue weighted by atomic mass is 9.82. The van der Waals surface area contributed by atoms with E-state index in [9.17, 15) is 19.2 Å². The number of carboxylic acids is 1. The van der Waals surface area contributed by atoms with Crippen molar-refractivity contribution >= 4 is 46.4 Å². The molecule has 0 atom stereocenters. The summed E-state index contributed by atoms with van der Waals surface area (Å²) in [4.78, 5) is 53.2. The molecule has 2 aromatic carbocycles. The summed E-state index contributed by atoms with van der Waals surface area (Å²) in [5, 5.41) is 16.1. The first-order valence-electron chi connectivity index (χ1n) is 16.7. The van der Waals surface area contributed by atoms with Crippen LogP contribution in [-0.2, 0) is 20.9 Å². The number of nitrogens with one attached hydrogen (secondary N) is 2. The Balaban J connectivity index is 1.29. The maximum Gasteiger partial charge on any atom is 0.328 e. The predicted molar refractivity (Wildman–Crippen MR) is 179 cm³/mol. The van der Waals surface area contributed by atoms with Gasteiger partial charge in [-0.25, -0.2) is 4.79 Å². The van der Waals surface area contributed by atoms with Gasteiger partial charge in [-0.3, -0.25) is 14.4 Å². The summed E-state index contributed by atoms with van der Waals surface area (Å²) < 4.78 is 2.18. The number of fused-ring (bicyclic) bond motifs is 1. The van der Waals surface area contributed by atoms with Crippen LogP contribution in [0.25, 0.3) is 17.0 Å². The molecule has 9 nitrogen and oxygen atoms in total. The molecule has 6 rings (SSSR count). The zero-order chi connectivity index (χ0) is 32.4. The summed E-state index contributed by atoms with van der Waals surface area (Å²) in [5.41, 5.74) is 4.31. The average Bonchev–Trinajstić information content (AvgIpc) is 3.69. The highest BCUT2D eigenvalue weighted by atomic mass is 16.4. The van der Waals surface area contributed by atoms with Crippen LogP contribution in [0.4, 0.5) is 5.69 Å². The summed E-state index contributed by atoms with van der Waals surface area (Å²) in [7, 11) is 3.56. The van der Waals surface area contributed by atoms with Crippen LogP contribution in [0.2, 0.25) is 0 Å². The number of rotatable bonds is 10. The highest BCUT2D eigenvalue weighted by molar-refractivity contribution is 6.05. The summed E-state index contributed by atoms with van der Waals surface area (Å²) in [5.74, 6) is -0.648. The number of aromatic nitrogens is 1. The third kappa shape index (κ3) is 6.59. The van der Waals surface area contributed by atoms with Gasteiger partial charge in [-0.2, -0.15) is 0 Å². The molecule has 0 saturated heterocycles. The first-order valence-corrected chi connectivity index (χ1v) is 16.7. The first-order chi connectivity index (χ1) is 22.1. The number of amides is 3. The Bertz CT molecular complexity index is 1670. The van der Waals surface area contributed by atoms with Crippen LogP contribution in [0.3, 0.4) is 0 Å². The van der Waals surface area contributed by atoms with Crippen molar-refractivity contribution in [3.8, 4) is 0 Å². The van der Waals surface area contributed by atoms with Crippen molar-refractivity contribution < 1.29 is 24.3 Å². The molecule has 3 aromatic rings. The van der Waals surface area contributed by atoms with E-state index in [1.807, 2.05) is 12.1 Å². The molecular weight excluding hydrogens is 580 g/mol. The van der Waals surface area contributed by atoms with E-state index in [0.29, 0.717) is 41.5 Å². The van der Waals surface area contributed by atoms with Crippen molar-refractivity contribution in [2.75, 3.05) is 19.4 Å². The molecule has 0 radical (unpaired) electrons. The quantitative estimate of drug-likeness (QED) is 0.225. The maximum atomic E-state index is 13.9. The molecule has 9 heteroatoms. The van der Waals surface area contributed by atoms with Gasteiger partial charge in [0.1, 0.15) is 12.1 Å². The molecule has 0 aliphatic heterocycles. The highest BCUT2D eigenvalue weighted by Gasteiger charge is 2.43. The topological polar surface area (TPSA) is 121 Å². The molecule has 242 valence electrons. The standard InChI is InChI=1S/C37H44N4O5/c1-40(2)31(42)23-41-30-22-27(15-18-29(30)33(34(41)26-13-14-26)25-8-4-3-5-9-25)35(45)39-37(20-6-7-21-37)36(46)38-28-16-10-24(11-17-28)12-19-32(43)44/h10-12,15-19,22,25-26H,3-9,13-14,20-21,23H2,1-2H3,(H,38,46)(H,39,45)(H,43,44)/b19-12+. The fourth-order valence-corrected chi connectivity index (χ4v) is 7.37. The first kappa shape index (κ1) is 31.6. The van der Waals surface area contributed by atoms with Crippen molar-refractivity contribution in [2.45, 2.75) is 94.5 Å². The van der Waals surface area contributed by atoms with Crippen LogP contribution >= 0.6 is 0 Å². The van der Waals surface area contributed by atoms with Crippen molar-refractivity contribution in [3.05, 3.63) is 70.9 Å². The minimum absolute atomic E-state index is 0.0244. The lowest BCUT2D eigenvalue weighted by Crippen LogP contribution is -2.55. The molecule has 3 fully saturated rings. The van der Waals surface area contributed by atoms with E-state index in [4.69, 9.17) is 5.11 Å². The Hall–Kier alpha value is -4.40. The summed E-state index contributed by atoms with van der Waals surface area (Å²) in [6.45, 7) is 0.240. The molecule has 0 unspecified atom stereocenters. The molecule has 3 aliphatic rings. The number of aliphatic carboxylic acids is 1. The van der Waals surface area contributed by atoms with Crippen LogP contribution in [0.5, 0.6) is 0 Å². The van der Waals surface area contributed by atoms with Gasteiger partial charge in [0.2, 0.25) is 11.8 Å². The highest BCUT2D eigenvalue weighted by Crippen LogP contribution is 2.49. The predicted octanol–water partition coefficient (Wildman–Crippen LogP) is 6.43. The minimum atomic E-state index is -1.04. The van der Waals surface area contributed by atoms with Crippen molar-refractivity contribution in [2.24, 2.45) is 0 Å². The van der Waals surface area contributed by atoms with Crippen LogP contribution in [0.15, 0.2) is 48.5 Å². The number of carbonyl (C=O) groups excluding carboxylic acids is 3. The van der Waals surface area contributed by atoms with E-state index >= 15 is 0 Å². The monoisotopic (exact) mass is 624 g/mol. The lowest BCUT2D eigenvalue weighted by molar-refractivity contribution is -0.131. The zero-order valence-corrected chi connectivity index (χ0v) is 26.8. The van der Waals surface area contributed by atoms with Gasteiger partial charge in [0, 0.05) is 48.0 Å².